The summed E-state index contributed by atoms with van der Waals surface area (Å²) >= 11 is 0. The van der Waals surface area contributed by atoms with E-state index in [2.05, 4.69) is 24.3 Å². The van der Waals surface area contributed by atoms with Gasteiger partial charge >= 0.3 is 0 Å². The highest BCUT2D eigenvalue weighted by Crippen LogP contribution is 2.49. The van der Waals surface area contributed by atoms with E-state index in [1.54, 1.807) is 0 Å². The van der Waals surface area contributed by atoms with E-state index < -0.39 is 0 Å². The molecule has 2 aliphatic rings. The molecule has 0 saturated heterocycles. The van der Waals surface area contributed by atoms with Gasteiger partial charge in [-0.15, -0.1) is 0 Å². The first-order chi connectivity index (χ1) is 8.29. The van der Waals surface area contributed by atoms with Crippen molar-refractivity contribution in [2.45, 2.75) is 12.2 Å². The standard InChI is InChI=1S/C14H11NO2/c1-15-6-8(7-16)13-10(15)3-2-9-11-4-5-12(17-11)14(9)13/h2-7,11-12H,1H3/t11-,12+/m0/s1. The van der Waals surface area contributed by atoms with Crippen molar-refractivity contribution in [3.05, 3.63) is 47.2 Å². The number of rotatable bonds is 1. The number of hydrogen-bond donors (Lipinski definition) is 0. The van der Waals surface area contributed by atoms with Gasteiger partial charge in [-0.1, -0.05) is 18.2 Å². The summed E-state index contributed by atoms with van der Waals surface area (Å²) in [4.78, 5) is 11.2. The Bertz CT molecular complexity index is 681. The van der Waals surface area contributed by atoms with Gasteiger partial charge in [-0.3, -0.25) is 4.79 Å². The van der Waals surface area contributed by atoms with E-state index in [1.807, 2.05) is 17.8 Å². The Labute approximate surface area is 98.3 Å². The van der Waals surface area contributed by atoms with E-state index in [9.17, 15) is 4.79 Å². The first-order valence-corrected chi connectivity index (χ1v) is 5.70. The number of nitrogens with zero attached hydrogens (tertiary/aromatic N) is 1. The van der Waals surface area contributed by atoms with E-state index in [0.717, 1.165) is 22.8 Å². The zero-order valence-corrected chi connectivity index (χ0v) is 9.38. The number of aldehydes is 1. The first kappa shape index (κ1) is 9.19. The molecule has 84 valence electrons. The molecule has 2 aromatic rings. The molecule has 4 rings (SSSR count). The van der Waals surface area contributed by atoms with Gasteiger partial charge in [-0.05, 0) is 11.6 Å². The monoisotopic (exact) mass is 225 g/mol. The molecule has 0 amide bonds. The van der Waals surface area contributed by atoms with Crippen LogP contribution in [0.15, 0.2) is 30.5 Å². The second-order valence-electron chi connectivity index (χ2n) is 4.64. The Kier molecular flexibility index (Phi) is 1.55. The minimum atomic E-state index is 0.0276. The van der Waals surface area contributed by atoms with Crippen molar-refractivity contribution in [2.24, 2.45) is 7.05 Å². The number of fused-ring (bicyclic) bond motifs is 7. The maximum absolute atomic E-state index is 11.2. The van der Waals surface area contributed by atoms with E-state index >= 15 is 0 Å². The second kappa shape index (κ2) is 2.87. The Morgan fingerprint density at radius 3 is 2.94 bits per heavy atom. The van der Waals surface area contributed by atoms with Crippen LogP contribution in [0.1, 0.15) is 33.7 Å². The number of aromatic nitrogens is 1. The molecule has 3 heterocycles. The topological polar surface area (TPSA) is 31.2 Å². The third kappa shape index (κ3) is 0.977. The third-order valence-electron chi connectivity index (χ3n) is 3.73. The number of carbonyl (C=O) groups excluding carboxylic acids is 1. The van der Waals surface area contributed by atoms with Crippen molar-refractivity contribution >= 4 is 17.2 Å². The van der Waals surface area contributed by atoms with Gasteiger partial charge in [0.05, 0.1) is 0 Å². The van der Waals surface area contributed by atoms with Crippen LogP contribution in [-0.4, -0.2) is 10.9 Å². The fourth-order valence-electron chi connectivity index (χ4n) is 3.00. The summed E-state index contributed by atoms with van der Waals surface area (Å²) in [6.45, 7) is 0. The molecule has 1 aromatic carbocycles. The van der Waals surface area contributed by atoms with Crippen LogP contribution in [0.3, 0.4) is 0 Å². The Balaban J connectivity index is 2.17. The quantitative estimate of drug-likeness (QED) is 0.552. The molecule has 0 saturated carbocycles. The van der Waals surface area contributed by atoms with E-state index in [4.69, 9.17) is 4.74 Å². The highest BCUT2D eigenvalue weighted by molar-refractivity contribution is 6.01. The number of carbonyl (C=O) groups is 1. The fourth-order valence-corrected chi connectivity index (χ4v) is 3.00. The van der Waals surface area contributed by atoms with Gasteiger partial charge in [-0.25, -0.2) is 0 Å². The largest absolute Gasteiger partial charge is 0.357 e. The van der Waals surface area contributed by atoms with Crippen molar-refractivity contribution in [1.29, 1.82) is 0 Å². The normalized spacial score (nSPS) is 24.5. The lowest BCUT2D eigenvalue weighted by Crippen LogP contribution is -1.95. The Morgan fingerprint density at radius 2 is 2.12 bits per heavy atom. The van der Waals surface area contributed by atoms with Gasteiger partial charge in [-0.2, -0.15) is 0 Å². The molecule has 3 heteroatoms. The third-order valence-corrected chi connectivity index (χ3v) is 3.73. The van der Waals surface area contributed by atoms with Gasteiger partial charge < -0.3 is 9.30 Å². The minimum Gasteiger partial charge on any atom is -0.357 e. The lowest BCUT2D eigenvalue weighted by atomic mass is 9.92. The van der Waals surface area contributed by atoms with Gasteiger partial charge in [0.2, 0.25) is 0 Å². The summed E-state index contributed by atoms with van der Waals surface area (Å²) < 4.78 is 7.82. The lowest BCUT2D eigenvalue weighted by molar-refractivity contribution is 0.0883. The summed E-state index contributed by atoms with van der Waals surface area (Å²) in [7, 11) is 1.96. The summed E-state index contributed by atoms with van der Waals surface area (Å²) in [6.07, 6.45) is 7.08. The van der Waals surface area contributed by atoms with Crippen molar-refractivity contribution < 1.29 is 9.53 Å². The first-order valence-electron chi connectivity index (χ1n) is 5.70. The molecule has 2 atom stereocenters. The van der Waals surface area contributed by atoms with E-state index in [0.29, 0.717) is 0 Å². The number of aryl methyl sites for hydroxylation is 1. The molecule has 3 nitrogen and oxygen atoms in total. The number of benzene rings is 1. The molecule has 1 aromatic heterocycles. The van der Waals surface area contributed by atoms with Crippen LogP contribution in [-0.2, 0) is 11.8 Å². The molecule has 0 radical (unpaired) electrons. The van der Waals surface area contributed by atoms with Crippen molar-refractivity contribution in [2.75, 3.05) is 0 Å². The molecule has 2 bridgehead atoms. The second-order valence-corrected chi connectivity index (χ2v) is 4.64. The lowest BCUT2D eigenvalue weighted by Gasteiger charge is -2.09. The Morgan fingerprint density at radius 1 is 1.29 bits per heavy atom. The van der Waals surface area contributed by atoms with Crippen LogP contribution >= 0.6 is 0 Å². The summed E-state index contributed by atoms with van der Waals surface area (Å²) in [6, 6.07) is 4.18. The van der Waals surface area contributed by atoms with Crippen molar-refractivity contribution in [3.63, 3.8) is 0 Å². The van der Waals surface area contributed by atoms with Crippen LogP contribution in [0.4, 0.5) is 0 Å². The van der Waals surface area contributed by atoms with Crippen molar-refractivity contribution in [1.82, 2.24) is 4.57 Å². The number of hydrogen-bond acceptors (Lipinski definition) is 2. The van der Waals surface area contributed by atoms with Gasteiger partial charge in [0.15, 0.2) is 6.29 Å². The molecule has 0 aliphatic carbocycles. The maximum atomic E-state index is 11.2. The summed E-state index contributed by atoms with van der Waals surface area (Å²) in [5.41, 5.74) is 4.23. The van der Waals surface area contributed by atoms with Crippen LogP contribution in [0.2, 0.25) is 0 Å². The zero-order chi connectivity index (χ0) is 11.6. The van der Waals surface area contributed by atoms with Gasteiger partial charge in [0, 0.05) is 35.3 Å². The predicted molar refractivity (Wildman–Crippen MR) is 64.0 cm³/mol. The smallest absolute Gasteiger partial charge is 0.152 e. The average Bonchev–Trinajstić information content (AvgIpc) is 3.02. The molecular formula is C14H11NO2. The Hall–Kier alpha value is -1.87. The molecule has 0 fully saturated rings. The number of ether oxygens (including phenoxy) is 1. The zero-order valence-electron chi connectivity index (χ0n) is 9.38. The molecule has 0 unspecified atom stereocenters. The van der Waals surface area contributed by atoms with Crippen LogP contribution in [0.5, 0.6) is 0 Å². The molecule has 0 N–H and O–H groups in total. The van der Waals surface area contributed by atoms with Crippen LogP contribution in [0, 0.1) is 0 Å². The average molecular weight is 225 g/mol. The predicted octanol–water partition coefficient (Wildman–Crippen LogP) is 2.67. The minimum absolute atomic E-state index is 0.0276. The van der Waals surface area contributed by atoms with Crippen LogP contribution in [0.25, 0.3) is 10.9 Å². The molecule has 2 aliphatic heterocycles. The highest BCUT2D eigenvalue weighted by atomic mass is 16.5. The highest BCUT2D eigenvalue weighted by Gasteiger charge is 2.35. The molecular weight excluding hydrogens is 214 g/mol. The van der Waals surface area contributed by atoms with Gasteiger partial charge in [0.1, 0.15) is 12.2 Å². The maximum Gasteiger partial charge on any atom is 0.152 e. The fraction of sp³-hybridized carbons (Fsp3) is 0.214. The molecule has 17 heavy (non-hydrogen) atoms. The van der Waals surface area contributed by atoms with Gasteiger partial charge in [0.25, 0.3) is 0 Å². The SMILES string of the molecule is Cn1cc(C=O)c2c3c(ccc21)[C@@H]1C=C[C@H]3O1. The summed E-state index contributed by atoms with van der Waals surface area (Å²) in [5.74, 6) is 0. The van der Waals surface area contributed by atoms with E-state index in [-0.39, 0.29) is 12.2 Å². The summed E-state index contributed by atoms with van der Waals surface area (Å²) in [5, 5.41) is 1.05. The van der Waals surface area contributed by atoms with Crippen LogP contribution < -0.4 is 0 Å². The van der Waals surface area contributed by atoms with Crippen molar-refractivity contribution in [3.8, 4) is 0 Å². The molecule has 0 spiro atoms. The van der Waals surface area contributed by atoms with E-state index in [1.165, 1.54) is 11.1 Å².